The standard InChI is InChI=1S/C27H50O5/c1-5-6-7-8-12-16-27(30-18-19-31-27)17-15-23-22(4)20-25(28)24(23)13-10-9-11-14-26(29)32-21(2)3/h21-25,28H,5-20H2,1-4H3/t22?,23-,24?,25?/m0/s1. The van der Waals surface area contributed by atoms with Crippen molar-refractivity contribution in [3.05, 3.63) is 0 Å². The molecule has 0 aromatic rings. The Labute approximate surface area is 197 Å². The van der Waals surface area contributed by atoms with Crippen LogP contribution in [0.3, 0.4) is 0 Å². The van der Waals surface area contributed by atoms with Crippen LogP contribution in [0.1, 0.15) is 118 Å². The van der Waals surface area contributed by atoms with Crippen molar-refractivity contribution in [1.82, 2.24) is 0 Å². The van der Waals surface area contributed by atoms with E-state index in [2.05, 4.69) is 13.8 Å². The number of aliphatic hydroxyl groups is 1. The molecule has 32 heavy (non-hydrogen) atoms. The highest BCUT2D eigenvalue weighted by Gasteiger charge is 2.42. The van der Waals surface area contributed by atoms with E-state index in [4.69, 9.17) is 14.2 Å². The Balaban J connectivity index is 1.76. The van der Waals surface area contributed by atoms with Gasteiger partial charge in [0.15, 0.2) is 5.79 Å². The summed E-state index contributed by atoms with van der Waals surface area (Å²) in [5.74, 6) is 0.945. The molecule has 0 spiro atoms. The number of rotatable bonds is 16. The average molecular weight is 455 g/mol. The summed E-state index contributed by atoms with van der Waals surface area (Å²) in [6.07, 6.45) is 14.5. The fraction of sp³-hybridized carbons (Fsp3) is 0.963. The Morgan fingerprint density at radius 3 is 2.34 bits per heavy atom. The quantitative estimate of drug-likeness (QED) is 0.216. The second-order valence-corrected chi connectivity index (χ2v) is 10.6. The molecule has 1 saturated heterocycles. The lowest BCUT2D eigenvalue weighted by atomic mass is 9.81. The molecule has 2 aliphatic rings. The van der Waals surface area contributed by atoms with Gasteiger partial charge in [-0.1, -0.05) is 52.4 Å². The molecule has 1 aliphatic carbocycles. The third-order valence-electron chi connectivity index (χ3n) is 7.51. The molecule has 188 valence electrons. The minimum absolute atomic E-state index is 0.0363. The summed E-state index contributed by atoms with van der Waals surface area (Å²) in [4.78, 5) is 11.7. The molecule has 1 heterocycles. The van der Waals surface area contributed by atoms with Gasteiger partial charge in [0, 0.05) is 19.3 Å². The lowest BCUT2D eigenvalue weighted by molar-refractivity contribution is -0.171. The van der Waals surface area contributed by atoms with Crippen LogP contribution in [0.5, 0.6) is 0 Å². The van der Waals surface area contributed by atoms with Crippen molar-refractivity contribution in [2.24, 2.45) is 17.8 Å². The normalized spacial score (nSPS) is 27.3. The van der Waals surface area contributed by atoms with E-state index in [0.29, 0.717) is 37.4 Å². The van der Waals surface area contributed by atoms with Gasteiger partial charge in [-0.25, -0.2) is 0 Å². The molecule has 0 amide bonds. The van der Waals surface area contributed by atoms with Gasteiger partial charge in [0.2, 0.25) is 0 Å². The van der Waals surface area contributed by atoms with Crippen LogP contribution in [0, 0.1) is 17.8 Å². The number of aliphatic hydroxyl groups excluding tert-OH is 1. The van der Waals surface area contributed by atoms with Crippen molar-refractivity contribution in [2.75, 3.05) is 13.2 Å². The first-order valence-corrected chi connectivity index (χ1v) is 13.5. The molecule has 3 unspecified atom stereocenters. The van der Waals surface area contributed by atoms with E-state index in [9.17, 15) is 9.90 Å². The maximum absolute atomic E-state index is 11.7. The van der Waals surface area contributed by atoms with Gasteiger partial charge in [-0.05, 0) is 63.7 Å². The third-order valence-corrected chi connectivity index (χ3v) is 7.51. The molecule has 2 rings (SSSR count). The number of hydrogen-bond acceptors (Lipinski definition) is 5. The largest absolute Gasteiger partial charge is 0.463 e. The number of esters is 1. The second kappa shape index (κ2) is 14.6. The maximum atomic E-state index is 11.7. The predicted molar refractivity (Wildman–Crippen MR) is 128 cm³/mol. The molecule has 2 fully saturated rings. The smallest absolute Gasteiger partial charge is 0.306 e. The molecule has 4 atom stereocenters. The molecule has 5 nitrogen and oxygen atoms in total. The predicted octanol–water partition coefficient (Wildman–Crippen LogP) is 6.41. The summed E-state index contributed by atoms with van der Waals surface area (Å²) in [6, 6.07) is 0. The molecule has 0 aromatic heterocycles. The highest BCUT2D eigenvalue weighted by molar-refractivity contribution is 5.69. The first-order valence-electron chi connectivity index (χ1n) is 13.5. The summed E-state index contributed by atoms with van der Waals surface area (Å²) in [5, 5.41) is 10.7. The molecule has 1 aliphatic heterocycles. The van der Waals surface area contributed by atoms with E-state index >= 15 is 0 Å². The lowest BCUT2D eigenvalue weighted by Crippen LogP contribution is -2.32. The molecule has 0 aromatic carbocycles. The molecule has 5 heteroatoms. The first kappa shape index (κ1) is 27.6. The molecule has 1 N–H and O–H groups in total. The van der Waals surface area contributed by atoms with E-state index in [1.54, 1.807) is 0 Å². The van der Waals surface area contributed by atoms with Crippen molar-refractivity contribution in [3.63, 3.8) is 0 Å². The highest BCUT2D eigenvalue weighted by Crippen LogP contribution is 2.44. The molecule has 0 radical (unpaired) electrons. The SMILES string of the molecule is CCCCCCCC1(CC[C@H]2C(C)CC(O)C2CCCCCC(=O)OC(C)C)OCCO1. The van der Waals surface area contributed by atoms with Gasteiger partial charge in [0.05, 0.1) is 25.4 Å². The molecular weight excluding hydrogens is 404 g/mol. The van der Waals surface area contributed by atoms with Crippen LogP contribution in [-0.2, 0) is 19.0 Å². The summed E-state index contributed by atoms with van der Waals surface area (Å²) in [6.45, 7) is 9.74. The first-order chi connectivity index (χ1) is 15.4. The monoisotopic (exact) mass is 454 g/mol. The maximum Gasteiger partial charge on any atom is 0.306 e. The Bertz CT molecular complexity index is 514. The fourth-order valence-electron chi connectivity index (χ4n) is 5.79. The van der Waals surface area contributed by atoms with E-state index in [1.807, 2.05) is 13.8 Å². The molecular formula is C27H50O5. The van der Waals surface area contributed by atoms with Crippen LogP contribution in [0.4, 0.5) is 0 Å². The van der Waals surface area contributed by atoms with Gasteiger partial charge in [0.25, 0.3) is 0 Å². The van der Waals surface area contributed by atoms with Gasteiger partial charge < -0.3 is 19.3 Å². The van der Waals surface area contributed by atoms with Crippen molar-refractivity contribution in [2.45, 2.75) is 136 Å². The zero-order valence-electron chi connectivity index (χ0n) is 21.3. The number of unbranched alkanes of at least 4 members (excludes halogenated alkanes) is 6. The summed E-state index contributed by atoms with van der Waals surface area (Å²) < 4.78 is 17.5. The Morgan fingerprint density at radius 2 is 1.66 bits per heavy atom. The average Bonchev–Trinajstić information content (AvgIpc) is 3.30. The molecule has 1 saturated carbocycles. The van der Waals surface area contributed by atoms with E-state index in [-0.39, 0.29) is 24.0 Å². The van der Waals surface area contributed by atoms with Crippen LogP contribution in [0.15, 0.2) is 0 Å². The van der Waals surface area contributed by atoms with Gasteiger partial charge >= 0.3 is 5.97 Å². The van der Waals surface area contributed by atoms with E-state index in [0.717, 1.165) is 51.4 Å². The van der Waals surface area contributed by atoms with Gasteiger partial charge in [-0.15, -0.1) is 0 Å². The number of carbonyl (C=O) groups excluding carboxylic acids is 1. The Hall–Kier alpha value is -0.650. The van der Waals surface area contributed by atoms with Crippen molar-refractivity contribution in [1.29, 1.82) is 0 Å². The van der Waals surface area contributed by atoms with Crippen LogP contribution in [-0.4, -0.2) is 42.3 Å². The van der Waals surface area contributed by atoms with E-state index in [1.165, 1.54) is 32.1 Å². The van der Waals surface area contributed by atoms with Crippen molar-refractivity contribution >= 4 is 5.97 Å². The van der Waals surface area contributed by atoms with Crippen LogP contribution in [0.2, 0.25) is 0 Å². The highest BCUT2D eigenvalue weighted by atomic mass is 16.7. The minimum atomic E-state index is -0.388. The third kappa shape index (κ3) is 9.30. The van der Waals surface area contributed by atoms with Crippen LogP contribution >= 0.6 is 0 Å². The second-order valence-electron chi connectivity index (χ2n) is 10.6. The summed E-state index contributed by atoms with van der Waals surface area (Å²) in [7, 11) is 0. The topological polar surface area (TPSA) is 65.0 Å². The van der Waals surface area contributed by atoms with Gasteiger partial charge in [-0.3, -0.25) is 4.79 Å². The zero-order chi connectivity index (χ0) is 23.4. The fourth-order valence-corrected chi connectivity index (χ4v) is 5.79. The van der Waals surface area contributed by atoms with Gasteiger partial charge in [-0.2, -0.15) is 0 Å². The summed E-state index contributed by atoms with van der Waals surface area (Å²) >= 11 is 0. The number of carbonyl (C=O) groups is 1. The lowest BCUT2D eigenvalue weighted by Gasteiger charge is -2.31. The number of ether oxygens (including phenoxy) is 3. The van der Waals surface area contributed by atoms with Crippen LogP contribution < -0.4 is 0 Å². The van der Waals surface area contributed by atoms with Gasteiger partial charge in [0.1, 0.15) is 0 Å². The minimum Gasteiger partial charge on any atom is -0.463 e. The van der Waals surface area contributed by atoms with Crippen molar-refractivity contribution < 1.29 is 24.1 Å². The van der Waals surface area contributed by atoms with Crippen molar-refractivity contribution in [3.8, 4) is 0 Å². The van der Waals surface area contributed by atoms with E-state index < -0.39 is 0 Å². The Kier molecular flexibility index (Phi) is 12.6. The Morgan fingerprint density at radius 1 is 0.969 bits per heavy atom. The number of hydrogen-bond donors (Lipinski definition) is 1. The zero-order valence-corrected chi connectivity index (χ0v) is 21.3. The molecule has 0 bridgehead atoms. The van der Waals surface area contributed by atoms with Crippen LogP contribution in [0.25, 0.3) is 0 Å². The summed E-state index contributed by atoms with van der Waals surface area (Å²) in [5.41, 5.74) is 0.